The van der Waals surface area contributed by atoms with Crippen LogP contribution in [-0.2, 0) is 13.0 Å². The smallest absolute Gasteiger partial charge is 0.141 e. The maximum atomic E-state index is 6.09. The van der Waals surface area contributed by atoms with Crippen molar-refractivity contribution >= 4 is 17.4 Å². The van der Waals surface area contributed by atoms with Crippen molar-refractivity contribution in [3.05, 3.63) is 40.0 Å². The standard InChI is InChI=1S/C15H18ClN3O/c1-9-12(16)14(17)19(18-9)8-11-6-4-5-10-7-15(2,3)20-13(10)11/h4-6H,7-8,17H2,1-3H3. The summed E-state index contributed by atoms with van der Waals surface area (Å²) >= 11 is 6.09. The second-order valence-corrected chi connectivity index (χ2v) is 6.26. The predicted molar refractivity (Wildman–Crippen MR) is 80.3 cm³/mol. The van der Waals surface area contributed by atoms with Crippen molar-refractivity contribution in [1.29, 1.82) is 0 Å². The minimum atomic E-state index is -0.151. The molecule has 2 heterocycles. The van der Waals surface area contributed by atoms with E-state index in [1.54, 1.807) is 4.68 Å². The van der Waals surface area contributed by atoms with E-state index in [-0.39, 0.29) is 5.60 Å². The van der Waals surface area contributed by atoms with Gasteiger partial charge < -0.3 is 10.5 Å². The Hall–Kier alpha value is -1.68. The van der Waals surface area contributed by atoms with Crippen molar-refractivity contribution in [3.8, 4) is 5.75 Å². The molecule has 1 aliphatic heterocycles. The Morgan fingerprint density at radius 1 is 1.45 bits per heavy atom. The third-order valence-corrected chi connectivity index (χ3v) is 4.05. The van der Waals surface area contributed by atoms with E-state index in [0.717, 1.165) is 23.4 Å². The molecule has 5 heteroatoms. The van der Waals surface area contributed by atoms with Crippen LogP contribution in [0.15, 0.2) is 18.2 Å². The van der Waals surface area contributed by atoms with Crippen LogP contribution >= 0.6 is 11.6 Å². The van der Waals surface area contributed by atoms with Crippen molar-refractivity contribution in [3.63, 3.8) is 0 Å². The fourth-order valence-electron chi connectivity index (χ4n) is 2.66. The molecule has 0 radical (unpaired) electrons. The molecule has 3 rings (SSSR count). The van der Waals surface area contributed by atoms with Crippen LogP contribution in [0.2, 0.25) is 5.02 Å². The van der Waals surface area contributed by atoms with Crippen LogP contribution in [0.1, 0.15) is 30.7 Å². The molecule has 1 aromatic heterocycles. The zero-order chi connectivity index (χ0) is 14.5. The molecule has 1 aliphatic rings. The zero-order valence-electron chi connectivity index (χ0n) is 11.9. The molecule has 106 valence electrons. The predicted octanol–water partition coefficient (Wildman–Crippen LogP) is 3.19. The molecule has 0 unspecified atom stereocenters. The summed E-state index contributed by atoms with van der Waals surface area (Å²) in [4.78, 5) is 0. The highest BCUT2D eigenvalue weighted by atomic mass is 35.5. The summed E-state index contributed by atoms with van der Waals surface area (Å²) < 4.78 is 7.78. The van der Waals surface area contributed by atoms with Crippen LogP contribution in [0.3, 0.4) is 0 Å². The monoisotopic (exact) mass is 291 g/mol. The highest BCUT2D eigenvalue weighted by molar-refractivity contribution is 6.33. The van der Waals surface area contributed by atoms with Crippen LogP contribution in [0.5, 0.6) is 5.75 Å². The van der Waals surface area contributed by atoms with E-state index < -0.39 is 0 Å². The number of nitrogen functional groups attached to an aromatic ring is 1. The van der Waals surface area contributed by atoms with Crippen LogP contribution in [-0.4, -0.2) is 15.4 Å². The lowest BCUT2D eigenvalue weighted by molar-refractivity contribution is 0.137. The third-order valence-electron chi connectivity index (χ3n) is 3.58. The topological polar surface area (TPSA) is 53.1 Å². The SMILES string of the molecule is Cc1nn(Cc2cccc3c2OC(C)(C)C3)c(N)c1Cl. The van der Waals surface area contributed by atoms with Gasteiger partial charge in [-0.1, -0.05) is 29.8 Å². The van der Waals surface area contributed by atoms with Crippen LogP contribution in [0.4, 0.5) is 5.82 Å². The van der Waals surface area contributed by atoms with Crippen LogP contribution < -0.4 is 10.5 Å². The average molecular weight is 292 g/mol. The minimum Gasteiger partial charge on any atom is -0.487 e. The first-order valence-electron chi connectivity index (χ1n) is 6.65. The molecule has 0 saturated carbocycles. The lowest BCUT2D eigenvalue weighted by Crippen LogP contribution is -2.25. The Morgan fingerprint density at radius 2 is 2.20 bits per heavy atom. The summed E-state index contributed by atoms with van der Waals surface area (Å²) in [6.07, 6.45) is 0.921. The van der Waals surface area contributed by atoms with Gasteiger partial charge in [0.2, 0.25) is 0 Å². The van der Waals surface area contributed by atoms with E-state index in [0.29, 0.717) is 17.4 Å². The van der Waals surface area contributed by atoms with E-state index >= 15 is 0 Å². The summed E-state index contributed by atoms with van der Waals surface area (Å²) in [7, 11) is 0. The lowest BCUT2D eigenvalue weighted by atomic mass is 10.0. The number of ether oxygens (including phenoxy) is 1. The Bertz CT molecular complexity index is 676. The van der Waals surface area contributed by atoms with Gasteiger partial charge in [0.25, 0.3) is 0 Å². The molecule has 0 atom stereocenters. The summed E-state index contributed by atoms with van der Waals surface area (Å²) in [5, 5.41) is 4.90. The number of rotatable bonds is 2. The molecule has 0 fully saturated rings. The van der Waals surface area contributed by atoms with Gasteiger partial charge in [-0.25, -0.2) is 4.68 Å². The molecule has 2 aromatic rings. The number of aromatic nitrogens is 2. The molecule has 4 nitrogen and oxygen atoms in total. The Balaban J connectivity index is 1.97. The van der Waals surface area contributed by atoms with Gasteiger partial charge in [-0.2, -0.15) is 5.10 Å². The second kappa shape index (κ2) is 4.42. The average Bonchev–Trinajstić information content (AvgIpc) is 2.81. The lowest BCUT2D eigenvalue weighted by Gasteiger charge is -2.18. The minimum absolute atomic E-state index is 0.151. The normalized spacial score (nSPS) is 16.0. The first kappa shape index (κ1) is 13.3. The maximum Gasteiger partial charge on any atom is 0.141 e. The number of nitrogens with zero attached hydrogens (tertiary/aromatic N) is 2. The molecule has 0 spiro atoms. The maximum absolute atomic E-state index is 6.09. The quantitative estimate of drug-likeness (QED) is 0.924. The Labute approximate surface area is 123 Å². The molecule has 0 aliphatic carbocycles. The molecular formula is C15H18ClN3O. The summed E-state index contributed by atoms with van der Waals surface area (Å²) in [5.41, 5.74) is 8.89. The van der Waals surface area contributed by atoms with E-state index in [4.69, 9.17) is 22.1 Å². The Kier molecular flexibility index (Phi) is 2.94. The van der Waals surface area contributed by atoms with Gasteiger partial charge in [0.15, 0.2) is 0 Å². The number of benzene rings is 1. The first-order valence-corrected chi connectivity index (χ1v) is 7.03. The van der Waals surface area contributed by atoms with Gasteiger partial charge in [-0.15, -0.1) is 0 Å². The van der Waals surface area contributed by atoms with Gasteiger partial charge in [0.1, 0.15) is 22.2 Å². The van der Waals surface area contributed by atoms with Crippen LogP contribution in [0.25, 0.3) is 0 Å². The van der Waals surface area contributed by atoms with Crippen molar-refractivity contribution in [2.45, 2.75) is 39.3 Å². The van der Waals surface area contributed by atoms with E-state index in [9.17, 15) is 0 Å². The van der Waals surface area contributed by atoms with Gasteiger partial charge >= 0.3 is 0 Å². The van der Waals surface area contributed by atoms with Crippen molar-refractivity contribution in [2.24, 2.45) is 0 Å². The van der Waals surface area contributed by atoms with Crippen molar-refractivity contribution in [1.82, 2.24) is 9.78 Å². The number of halogens is 1. The highest BCUT2D eigenvalue weighted by Gasteiger charge is 2.31. The number of hydrogen-bond donors (Lipinski definition) is 1. The fourth-order valence-corrected chi connectivity index (χ4v) is 2.80. The number of aryl methyl sites for hydroxylation is 1. The zero-order valence-corrected chi connectivity index (χ0v) is 12.7. The summed E-state index contributed by atoms with van der Waals surface area (Å²) in [5.74, 6) is 1.46. The second-order valence-electron chi connectivity index (χ2n) is 5.89. The first-order chi connectivity index (χ1) is 9.37. The van der Waals surface area contributed by atoms with Gasteiger partial charge in [0.05, 0.1) is 12.2 Å². The molecule has 0 bridgehead atoms. The van der Waals surface area contributed by atoms with Crippen LogP contribution in [0, 0.1) is 6.92 Å². The molecule has 2 N–H and O–H groups in total. The fraction of sp³-hybridized carbons (Fsp3) is 0.400. The Morgan fingerprint density at radius 3 is 2.85 bits per heavy atom. The molecular weight excluding hydrogens is 274 g/mol. The number of hydrogen-bond acceptors (Lipinski definition) is 3. The highest BCUT2D eigenvalue weighted by Crippen LogP contribution is 2.38. The molecule has 20 heavy (non-hydrogen) atoms. The van der Waals surface area contributed by atoms with Gasteiger partial charge in [0, 0.05) is 12.0 Å². The third kappa shape index (κ3) is 2.14. The van der Waals surface area contributed by atoms with E-state index in [1.165, 1.54) is 5.56 Å². The largest absolute Gasteiger partial charge is 0.487 e. The number of nitrogens with two attached hydrogens (primary N) is 1. The van der Waals surface area contributed by atoms with Gasteiger partial charge in [-0.3, -0.25) is 0 Å². The number of anilines is 1. The van der Waals surface area contributed by atoms with Crippen molar-refractivity contribution in [2.75, 3.05) is 5.73 Å². The molecule has 1 aromatic carbocycles. The van der Waals surface area contributed by atoms with Gasteiger partial charge in [-0.05, 0) is 26.3 Å². The van der Waals surface area contributed by atoms with E-state index in [2.05, 4.69) is 25.0 Å². The summed E-state index contributed by atoms with van der Waals surface area (Å²) in [6.45, 7) is 6.61. The van der Waals surface area contributed by atoms with Crippen molar-refractivity contribution < 1.29 is 4.74 Å². The summed E-state index contributed by atoms with van der Waals surface area (Å²) in [6, 6.07) is 6.20. The number of fused-ring (bicyclic) bond motifs is 1. The molecule has 0 amide bonds. The number of para-hydroxylation sites is 1. The van der Waals surface area contributed by atoms with E-state index in [1.807, 2.05) is 19.1 Å². The molecule has 0 saturated heterocycles.